The minimum atomic E-state index is -0.997. The molecular weight excluding hydrogens is 542 g/mol. The van der Waals surface area contributed by atoms with E-state index in [1.807, 2.05) is 66.7 Å². The molecule has 0 spiro atoms. The summed E-state index contributed by atoms with van der Waals surface area (Å²) in [5.41, 5.74) is 5.60. The van der Waals surface area contributed by atoms with Crippen molar-refractivity contribution in [3.8, 4) is 11.1 Å². The van der Waals surface area contributed by atoms with Gasteiger partial charge in [-0.3, -0.25) is 9.59 Å². The molecule has 3 aromatic carbocycles. The molecule has 1 saturated heterocycles. The van der Waals surface area contributed by atoms with Gasteiger partial charge in [-0.05, 0) is 39.9 Å². The van der Waals surface area contributed by atoms with E-state index in [0.29, 0.717) is 12.3 Å². The van der Waals surface area contributed by atoms with Crippen LogP contribution >= 0.6 is 11.8 Å². The van der Waals surface area contributed by atoms with Crippen molar-refractivity contribution in [2.45, 2.75) is 51.4 Å². The van der Waals surface area contributed by atoms with Crippen molar-refractivity contribution in [2.24, 2.45) is 5.92 Å². The van der Waals surface area contributed by atoms with Crippen LogP contribution in [-0.4, -0.2) is 51.4 Å². The molecule has 3 aromatic rings. The monoisotopic (exact) mass is 579 g/mol. The Kier molecular flexibility index (Phi) is 11.4. The molecular formula is C32H37NO7S. The molecule has 8 nitrogen and oxygen atoms in total. The summed E-state index contributed by atoms with van der Waals surface area (Å²) in [4.78, 5) is 22.7. The Labute approximate surface area is 244 Å². The Morgan fingerprint density at radius 1 is 0.878 bits per heavy atom. The summed E-state index contributed by atoms with van der Waals surface area (Å²) < 4.78 is 13.1. The van der Waals surface area contributed by atoms with Gasteiger partial charge in [-0.15, -0.1) is 0 Å². The van der Waals surface area contributed by atoms with Crippen LogP contribution in [0.2, 0.25) is 0 Å². The van der Waals surface area contributed by atoms with Crippen molar-refractivity contribution in [1.82, 2.24) is 5.32 Å². The van der Waals surface area contributed by atoms with E-state index in [4.69, 9.17) is 14.6 Å². The van der Waals surface area contributed by atoms with Gasteiger partial charge in [0.25, 0.3) is 0 Å². The first-order chi connectivity index (χ1) is 19.9. The molecule has 0 bridgehead atoms. The average molecular weight is 580 g/mol. The van der Waals surface area contributed by atoms with Crippen LogP contribution in [0.1, 0.15) is 54.4 Å². The van der Waals surface area contributed by atoms with Crippen LogP contribution < -0.4 is 5.32 Å². The Bertz CT molecular complexity index is 1300. The van der Waals surface area contributed by atoms with Crippen molar-refractivity contribution < 1.29 is 34.4 Å². The van der Waals surface area contributed by atoms with E-state index in [-0.39, 0.29) is 50.1 Å². The average Bonchev–Trinajstić information content (AvgIpc) is 3.00. The number of carboxylic acid groups (broad SMARTS) is 1. The van der Waals surface area contributed by atoms with Gasteiger partial charge in [0.2, 0.25) is 5.91 Å². The highest BCUT2D eigenvalue weighted by atomic mass is 32.2. The molecule has 0 aliphatic carbocycles. The summed E-state index contributed by atoms with van der Waals surface area (Å²) in [6, 6.07) is 23.7. The van der Waals surface area contributed by atoms with E-state index in [9.17, 15) is 19.8 Å². The van der Waals surface area contributed by atoms with Crippen LogP contribution in [0.25, 0.3) is 11.1 Å². The molecule has 1 amide bonds. The van der Waals surface area contributed by atoms with E-state index < -0.39 is 12.3 Å². The van der Waals surface area contributed by atoms with Crippen LogP contribution in [0.15, 0.2) is 72.8 Å². The number of aliphatic hydroxyl groups excluding tert-OH is 2. The zero-order chi connectivity index (χ0) is 29.2. The molecule has 218 valence electrons. The number of carbonyl (C=O) groups is 2. The molecule has 1 aliphatic heterocycles. The summed E-state index contributed by atoms with van der Waals surface area (Å²) in [6.07, 6.45) is -1.14. The molecule has 0 radical (unpaired) electrons. The lowest BCUT2D eigenvalue weighted by Crippen LogP contribution is -2.38. The summed E-state index contributed by atoms with van der Waals surface area (Å²) >= 11 is 1.65. The Morgan fingerprint density at radius 2 is 1.61 bits per heavy atom. The normalized spacial score (nSPS) is 20.5. The second kappa shape index (κ2) is 15.1. The highest BCUT2D eigenvalue weighted by Gasteiger charge is 2.38. The van der Waals surface area contributed by atoms with Gasteiger partial charge in [-0.1, -0.05) is 67.6 Å². The van der Waals surface area contributed by atoms with E-state index in [2.05, 4.69) is 18.3 Å². The number of nitrogens with one attached hydrogen (secondary N) is 1. The minimum Gasteiger partial charge on any atom is -0.481 e. The van der Waals surface area contributed by atoms with E-state index in [1.165, 1.54) is 0 Å². The number of carboxylic acids is 1. The zero-order valence-electron chi connectivity index (χ0n) is 23.1. The van der Waals surface area contributed by atoms with Gasteiger partial charge < -0.3 is 30.1 Å². The Hall–Kier alpha value is -3.21. The molecule has 4 rings (SSSR count). The molecule has 1 aliphatic rings. The topological polar surface area (TPSA) is 125 Å². The quantitative estimate of drug-likeness (QED) is 0.212. The molecule has 0 saturated carbocycles. The number of benzene rings is 3. The van der Waals surface area contributed by atoms with Crippen LogP contribution in [0, 0.1) is 5.92 Å². The third-order valence-corrected chi connectivity index (χ3v) is 8.15. The fourth-order valence-electron chi connectivity index (χ4n) is 4.81. The maximum absolute atomic E-state index is 12.0. The fraction of sp³-hybridized carbons (Fsp3) is 0.375. The summed E-state index contributed by atoms with van der Waals surface area (Å²) in [5, 5.41) is 30.3. The van der Waals surface area contributed by atoms with Gasteiger partial charge in [0.15, 0.2) is 6.29 Å². The second-order valence-corrected chi connectivity index (χ2v) is 11.3. The van der Waals surface area contributed by atoms with Gasteiger partial charge in [0.05, 0.1) is 31.8 Å². The highest BCUT2D eigenvalue weighted by Crippen LogP contribution is 2.43. The predicted molar refractivity (Wildman–Crippen MR) is 158 cm³/mol. The lowest BCUT2D eigenvalue weighted by Gasteiger charge is -2.41. The van der Waals surface area contributed by atoms with Crippen molar-refractivity contribution in [3.05, 3.63) is 95.1 Å². The maximum Gasteiger partial charge on any atom is 0.303 e. The molecule has 9 heteroatoms. The lowest BCUT2D eigenvalue weighted by molar-refractivity contribution is -0.268. The molecule has 0 unspecified atom stereocenters. The van der Waals surface area contributed by atoms with Crippen LogP contribution in [-0.2, 0) is 32.2 Å². The van der Waals surface area contributed by atoms with Gasteiger partial charge in [-0.25, -0.2) is 0 Å². The molecule has 4 N–H and O–H groups in total. The van der Waals surface area contributed by atoms with Crippen molar-refractivity contribution in [1.29, 1.82) is 0 Å². The van der Waals surface area contributed by atoms with Crippen molar-refractivity contribution in [2.75, 3.05) is 18.1 Å². The minimum absolute atomic E-state index is 0.0153. The number of hydrogen-bond acceptors (Lipinski definition) is 7. The van der Waals surface area contributed by atoms with Gasteiger partial charge in [-0.2, -0.15) is 11.8 Å². The smallest absolute Gasteiger partial charge is 0.303 e. The molecule has 0 aromatic heterocycles. The first-order valence-corrected chi connectivity index (χ1v) is 14.9. The first-order valence-electron chi connectivity index (χ1n) is 13.7. The second-order valence-electron chi connectivity index (χ2n) is 10.1. The molecule has 1 fully saturated rings. The third-order valence-electron chi connectivity index (χ3n) is 7.12. The van der Waals surface area contributed by atoms with Crippen molar-refractivity contribution >= 4 is 23.6 Å². The lowest BCUT2D eigenvalue weighted by atomic mass is 9.91. The molecule has 41 heavy (non-hydrogen) atoms. The standard InChI is InChI=1S/C32H37NO7S/c1-21-28(20-41-15-14-34)39-32(40-31(21)24-10-8-22(19-35)9-11-24)27-7-3-6-26(17-27)25-5-2-4-23(16-25)18-33-29(36)12-13-30(37)38/h2-11,16-17,21,28,31-32,34-35H,12-15,18-20H2,1H3,(H,33,36)(H,37,38)/t21-,28+,31+,32+/m1/s1. The summed E-state index contributed by atoms with van der Waals surface area (Å²) in [6.45, 7) is 2.53. The van der Waals surface area contributed by atoms with E-state index in [1.54, 1.807) is 11.8 Å². The van der Waals surface area contributed by atoms with Crippen molar-refractivity contribution in [3.63, 3.8) is 0 Å². The van der Waals surface area contributed by atoms with Gasteiger partial charge in [0, 0.05) is 36.0 Å². The number of amides is 1. The maximum atomic E-state index is 12.0. The van der Waals surface area contributed by atoms with Crippen LogP contribution in [0.3, 0.4) is 0 Å². The largest absolute Gasteiger partial charge is 0.481 e. The summed E-state index contributed by atoms with van der Waals surface area (Å²) in [5.74, 6) is 0.145. The first kappa shape index (κ1) is 30.7. The Balaban J connectivity index is 1.53. The third kappa shape index (κ3) is 8.64. The number of aliphatic carboxylic acids is 1. The SMILES string of the molecule is C[C@@H]1[C@H](CSCCO)O[C@H](c2cccc(-c3cccc(CNC(=O)CCC(=O)O)c3)c2)O[C@@H]1c1ccc(CO)cc1. The fourth-order valence-corrected chi connectivity index (χ4v) is 5.72. The number of thioether (sulfide) groups is 1. The van der Waals surface area contributed by atoms with Crippen LogP contribution in [0.4, 0.5) is 0 Å². The zero-order valence-corrected chi connectivity index (χ0v) is 23.9. The number of hydrogen-bond donors (Lipinski definition) is 4. The number of aliphatic hydroxyl groups is 2. The number of ether oxygens (including phenoxy) is 2. The number of carbonyl (C=O) groups excluding carboxylic acids is 1. The number of rotatable bonds is 13. The van der Waals surface area contributed by atoms with Crippen LogP contribution in [0.5, 0.6) is 0 Å². The Morgan fingerprint density at radius 3 is 2.32 bits per heavy atom. The van der Waals surface area contributed by atoms with Gasteiger partial charge >= 0.3 is 5.97 Å². The van der Waals surface area contributed by atoms with Gasteiger partial charge in [0.1, 0.15) is 0 Å². The van der Waals surface area contributed by atoms with E-state index >= 15 is 0 Å². The highest BCUT2D eigenvalue weighted by molar-refractivity contribution is 7.99. The van der Waals surface area contributed by atoms with E-state index in [0.717, 1.165) is 39.1 Å². The molecule has 4 atom stereocenters. The summed E-state index contributed by atoms with van der Waals surface area (Å²) in [7, 11) is 0. The predicted octanol–water partition coefficient (Wildman–Crippen LogP) is 4.84. The molecule has 1 heterocycles.